The molecule has 1 aromatic heterocycles. The first-order valence-electron chi connectivity index (χ1n) is 13.0. The van der Waals surface area contributed by atoms with Crippen LogP contribution in [0.15, 0.2) is 146 Å². The molecule has 5 aromatic carbocycles. The zero-order valence-corrected chi connectivity index (χ0v) is 20.9. The minimum Gasteiger partial charge on any atom is -0.327 e. The highest BCUT2D eigenvalue weighted by molar-refractivity contribution is 6.08. The molecule has 1 atom stereocenters. The minimum absolute atomic E-state index is 0.0127. The van der Waals surface area contributed by atoms with E-state index >= 15 is 0 Å². The van der Waals surface area contributed by atoms with E-state index in [2.05, 4.69) is 151 Å². The van der Waals surface area contributed by atoms with Gasteiger partial charge in [-0.3, -0.25) is 4.98 Å². The van der Waals surface area contributed by atoms with Crippen molar-refractivity contribution in [2.24, 2.45) is 0 Å². The van der Waals surface area contributed by atoms with Crippen molar-refractivity contribution in [1.29, 1.82) is 0 Å². The maximum absolute atomic E-state index is 5.01. The van der Waals surface area contributed by atoms with Crippen LogP contribution in [-0.4, -0.2) is 4.98 Å². The molecule has 1 aliphatic rings. The average Bonchev–Trinajstić information content (AvgIpc) is 3.01. The number of hydrogen-bond donors (Lipinski definition) is 0. The number of para-hydroxylation sites is 1. The maximum atomic E-state index is 5.01. The van der Waals surface area contributed by atoms with E-state index in [0.29, 0.717) is 0 Å². The Bertz CT molecular complexity index is 1740. The molecule has 0 spiro atoms. The van der Waals surface area contributed by atoms with Gasteiger partial charge in [-0.1, -0.05) is 121 Å². The van der Waals surface area contributed by atoms with Crippen molar-refractivity contribution in [2.75, 3.05) is 4.90 Å². The number of aromatic nitrogens is 1. The fourth-order valence-corrected chi connectivity index (χ4v) is 5.68. The lowest BCUT2D eigenvalue weighted by atomic mass is 9.84. The zero-order valence-electron chi connectivity index (χ0n) is 20.9. The number of benzene rings is 5. The molecule has 1 unspecified atom stereocenters. The lowest BCUT2D eigenvalue weighted by Crippen LogP contribution is -2.28. The monoisotopic (exact) mass is 486 g/mol. The Hall–Kier alpha value is -4.95. The number of rotatable bonds is 4. The van der Waals surface area contributed by atoms with Crippen LogP contribution in [-0.2, 0) is 0 Å². The molecule has 6 aromatic rings. The lowest BCUT2D eigenvalue weighted by molar-refractivity contribution is 0.865. The summed E-state index contributed by atoms with van der Waals surface area (Å²) in [7, 11) is 0. The summed E-state index contributed by atoms with van der Waals surface area (Å²) in [5, 5.41) is 1.15. The molecular weight excluding hydrogens is 460 g/mol. The molecule has 38 heavy (non-hydrogen) atoms. The lowest BCUT2D eigenvalue weighted by Gasteiger charge is -2.40. The van der Waals surface area contributed by atoms with Gasteiger partial charge in [0.05, 0.1) is 17.2 Å². The van der Waals surface area contributed by atoms with E-state index in [0.717, 1.165) is 22.3 Å². The first-order valence-corrected chi connectivity index (χ1v) is 13.0. The van der Waals surface area contributed by atoms with Crippen molar-refractivity contribution >= 4 is 33.9 Å². The Morgan fingerprint density at radius 2 is 1.16 bits per heavy atom. The third kappa shape index (κ3) is 3.79. The standard InChI is InChI=1S/C36H26N2/c1-5-13-26(14-6-1)31-23-24-37-34-32(31)22-21-29-25-33(27-15-7-2-8-16-27)35(28-17-9-3-10-18-28)38(36(29)34)30-19-11-4-12-20-30/h1-25,35H. The van der Waals surface area contributed by atoms with Gasteiger partial charge in [0.1, 0.15) is 0 Å². The highest BCUT2D eigenvalue weighted by atomic mass is 15.2. The van der Waals surface area contributed by atoms with Gasteiger partial charge in [0.2, 0.25) is 0 Å². The fourth-order valence-electron chi connectivity index (χ4n) is 5.68. The molecule has 0 radical (unpaired) electrons. The number of fused-ring (bicyclic) bond motifs is 3. The van der Waals surface area contributed by atoms with Crippen LogP contribution >= 0.6 is 0 Å². The molecule has 180 valence electrons. The van der Waals surface area contributed by atoms with Crippen LogP contribution in [0.2, 0.25) is 0 Å². The summed E-state index contributed by atoms with van der Waals surface area (Å²) >= 11 is 0. The molecule has 0 aliphatic carbocycles. The molecule has 2 heteroatoms. The van der Waals surface area contributed by atoms with Crippen LogP contribution in [0.1, 0.15) is 22.7 Å². The fraction of sp³-hybridized carbons (Fsp3) is 0.0278. The van der Waals surface area contributed by atoms with Crippen LogP contribution < -0.4 is 4.90 Å². The zero-order chi connectivity index (χ0) is 25.3. The molecule has 7 rings (SSSR count). The van der Waals surface area contributed by atoms with Crippen molar-refractivity contribution in [2.45, 2.75) is 6.04 Å². The van der Waals surface area contributed by atoms with E-state index in [1.165, 1.54) is 33.4 Å². The summed E-state index contributed by atoms with van der Waals surface area (Å²) in [5.74, 6) is 0. The third-order valence-corrected chi connectivity index (χ3v) is 7.36. The Balaban J connectivity index is 1.57. The molecular formula is C36H26N2. The van der Waals surface area contributed by atoms with Crippen molar-refractivity contribution in [3.05, 3.63) is 162 Å². The van der Waals surface area contributed by atoms with Crippen molar-refractivity contribution in [3.63, 3.8) is 0 Å². The molecule has 0 N–H and O–H groups in total. The molecule has 0 saturated heterocycles. The number of pyridine rings is 1. The summed E-state index contributed by atoms with van der Waals surface area (Å²) in [6.45, 7) is 0. The van der Waals surface area contributed by atoms with E-state index in [1.807, 2.05) is 6.20 Å². The Morgan fingerprint density at radius 3 is 1.84 bits per heavy atom. The van der Waals surface area contributed by atoms with E-state index in [-0.39, 0.29) is 6.04 Å². The van der Waals surface area contributed by atoms with Crippen LogP contribution in [0.3, 0.4) is 0 Å². The summed E-state index contributed by atoms with van der Waals surface area (Å²) < 4.78 is 0. The van der Waals surface area contributed by atoms with E-state index in [4.69, 9.17) is 4.98 Å². The average molecular weight is 487 g/mol. The van der Waals surface area contributed by atoms with E-state index in [1.54, 1.807) is 0 Å². The van der Waals surface area contributed by atoms with Gasteiger partial charge in [0, 0.05) is 22.8 Å². The number of nitrogens with zero attached hydrogens (tertiary/aromatic N) is 2. The Labute approximate surface area is 223 Å². The molecule has 0 fully saturated rings. The van der Waals surface area contributed by atoms with Gasteiger partial charge in [-0.15, -0.1) is 0 Å². The first-order chi connectivity index (χ1) is 18.9. The number of hydrogen-bond acceptors (Lipinski definition) is 2. The highest BCUT2D eigenvalue weighted by Gasteiger charge is 2.33. The second-order valence-corrected chi connectivity index (χ2v) is 9.61. The summed E-state index contributed by atoms with van der Waals surface area (Å²) in [5.41, 5.74) is 10.6. The Kier molecular flexibility index (Phi) is 5.56. The van der Waals surface area contributed by atoms with Gasteiger partial charge in [0.15, 0.2) is 0 Å². The smallest absolute Gasteiger partial charge is 0.0951 e. The quantitative estimate of drug-likeness (QED) is 0.247. The summed E-state index contributed by atoms with van der Waals surface area (Å²) in [6, 6.07) is 49.5. The molecule has 2 nitrogen and oxygen atoms in total. The third-order valence-electron chi connectivity index (χ3n) is 7.36. The van der Waals surface area contributed by atoms with Crippen molar-refractivity contribution in [1.82, 2.24) is 4.98 Å². The van der Waals surface area contributed by atoms with Crippen molar-refractivity contribution in [3.8, 4) is 11.1 Å². The van der Waals surface area contributed by atoms with Gasteiger partial charge < -0.3 is 4.90 Å². The van der Waals surface area contributed by atoms with Crippen LogP contribution in [0.4, 0.5) is 11.4 Å². The molecule has 2 heterocycles. The largest absolute Gasteiger partial charge is 0.327 e. The van der Waals surface area contributed by atoms with Gasteiger partial charge >= 0.3 is 0 Å². The van der Waals surface area contributed by atoms with Gasteiger partial charge in [-0.2, -0.15) is 0 Å². The minimum atomic E-state index is -0.0127. The normalized spacial score (nSPS) is 14.7. The number of anilines is 2. The molecule has 0 bridgehead atoms. The van der Waals surface area contributed by atoms with Gasteiger partial charge in [-0.05, 0) is 52.1 Å². The SMILES string of the molecule is C1=C(c2ccccc2)C(c2ccccc2)N(c2ccccc2)c2c1ccc1c(-c3ccccc3)ccnc21. The van der Waals surface area contributed by atoms with Gasteiger partial charge in [0.25, 0.3) is 0 Å². The van der Waals surface area contributed by atoms with Crippen LogP contribution in [0.25, 0.3) is 33.7 Å². The second-order valence-electron chi connectivity index (χ2n) is 9.61. The van der Waals surface area contributed by atoms with Gasteiger partial charge in [-0.25, -0.2) is 0 Å². The summed E-state index contributed by atoms with van der Waals surface area (Å²) in [4.78, 5) is 7.49. The molecule has 1 aliphatic heterocycles. The Morgan fingerprint density at radius 1 is 0.553 bits per heavy atom. The van der Waals surface area contributed by atoms with Crippen LogP contribution in [0.5, 0.6) is 0 Å². The summed E-state index contributed by atoms with van der Waals surface area (Å²) in [6.07, 6.45) is 4.31. The van der Waals surface area contributed by atoms with Crippen molar-refractivity contribution < 1.29 is 0 Å². The van der Waals surface area contributed by atoms with Crippen LogP contribution in [0, 0.1) is 0 Å². The topological polar surface area (TPSA) is 16.1 Å². The second kappa shape index (κ2) is 9.49. The highest BCUT2D eigenvalue weighted by Crippen LogP contribution is 2.51. The predicted octanol–water partition coefficient (Wildman–Crippen LogP) is 9.34. The van der Waals surface area contributed by atoms with E-state index < -0.39 is 0 Å². The van der Waals surface area contributed by atoms with E-state index in [9.17, 15) is 0 Å². The predicted molar refractivity (Wildman–Crippen MR) is 159 cm³/mol. The molecule has 0 saturated carbocycles. The maximum Gasteiger partial charge on any atom is 0.0951 e. The molecule has 0 amide bonds. The first kappa shape index (κ1) is 22.3.